The molecule has 5 rings (SSSR count). The Morgan fingerprint density at radius 3 is 2.54 bits per heavy atom. The van der Waals surface area contributed by atoms with E-state index in [1.807, 2.05) is 48.5 Å². The van der Waals surface area contributed by atoms with E-state index in [2.05, 4.69) is 27.1 Å². The zero-order valence-electron chi connectivity index (χ0n) is 20.0. The summed E-state index contributed by atoms with van der Waals surface area (Å²) in [4.78, 5) is 48.1. The molecule has 2 aromatic carbocycles. The molecule has 1 atom stereocenters. The Balaban J connectivity index is 1.38. The number of aromatic nitrogens is 2. The maximum absolute atomic E-state index is 13.5. The quantitative estimate of drug-likeness (QED) is 0.391. The summed E-state index contributed by atoms with van der Waals surface area (Å²) >= 11 is 1.32. The van der Waals surface area contributed by atoms with E-state index in [4.69, 9.17) is 0 Å². The first-order valence-corrected chi connectivity index (χ1v) is 12.5. The molecule has 7 nitrogen and oxygen atoms in total. The molecule has 3 heterocycles. The molecule has 4 aromatic rings. The standard InChI is InChI=1S/C29H22N4O3S/c1-19(34)15-24-12-10-21(17-31-24)8-7-20-9-11-23-18-33(28(36)25(23)16-20)26(22-5-3-2-4-6-22)27(35)32-29-30-13-14-37-29/h2-6,9-14,16-17,26H,15,18H2,1H3,(H,30,32,35). The van der Waals surface area contributed by atoms with Crippen molar-refractivity contribution in [1.29, 1.82) is 0 Å². The first kappa shape index (κ1) is 24.1. The van der Waals surface area contributed by atoms with E-state index in [0.29, 0.717) is 40.5 Å². The molecule has 0 saturated carbocycles. The lowest BCUT2D eigenvalue weighted by molar-refractivity contribution is -0.121. The number of anilines is 1. The molecular weight excluding hydrogens is 484 g/mol. The number of Topliss-reactive ketones (excluding diaryl/α,β-unsaturated/α-hetero) is 1. The second-order valence-electron chi connectivity index (χ2n) is 8.61. The Kier molecular flexibility index (Phi) is 6.88. The average molecular weight is 507 g/mol. The summed E-state index contributed by atoms with van der Waals surface area (Å²) in [7, 11) is 0. The first-order valence-electron chi connectivity index (χ1n) is 11.6. The lowest BCUT2D eigenvalue weighted by atomic mass is 10.0. The monoisotopic (exact) mass is 506 g/mol. The highest BCUT2D eigenvalue weighted by Crippen LogP contribution is 2.33. The third-order valence-corrected chi connectivity index (χ3v) is 6.57. The van der Waals surface area contributed by atoms with Crippen LogP contribution in [0.25, 0.3) is 0 Å². The SMILES string of the molecule is CC(=O)Cc1ccc(C#Cc2ccc3c(c2)C(=O)N(C(C(=O)Nc2nccs2)c2ccccc2)C3)cn1. The van der Waals surface area contributed by atoms with E-state index < -0.39 is 6.04 Å². The molecule has 0 radical (unpaired) electrons. The number of carbonyl (C=O) groups is 3. The van der Waals surface area contributed by atoms with Crippen molar-refractivity contribution >= 4 is 34.1 Å². The van der Waals surface area contributed by atoms with Gasteiger partial charge in [0.1, 0.15) is 11.8 Å². The van der Waals surface area contributed by atoms with Gasteiger partial charge in [-0.1, -0.05) is 48.2 Å². The van der Waals surface area contributed by atoms with Gasteiger partial charge in [-0.15, -0.1) is 11.3 Å². The van der Waals surface area contributed by atoms with E-state index >= 15 is 0 Å². The number of amides is 2. The van der Waals surface area contributed by atoms with Crippen LogP contribution in [-0.2, 0) is 22.6 Å². The van der Waals surface area contributed by atoms with Crippen LogP contribution in [0.15, 0.2) is 78.4 Å². The number of hydrogen-bond acceptors (Lipinski definition) is 6. The minimum Gasteiger partial charge on any atom is -0.318 e. The summed E-state index contributed by atoms with van der Waals surface area (Å²) in [5.74, 6) is 5.66. The summed E-state index contributed by atoms with van der Waals surface area (Å²) < 4.78 is 0. The Bertz CT molecular complexity index is 1520. The van der Waals surface area contributed by atoms with Crippen LogP contribution < -0.4 is 5.32 Å². The van der Waals surface area contributed by atoms with E-state index in [1.165, 1.54) is 18.3 Å². The second kappa shape index (κ2) is 10.6. The van der Waals surface area contributed by atoms with Gasteiger partial charge >= 0.3 is 0 Å². The largest absolute Gasteiger partial charge is 0.318 e. The summed E-state index contributed by atoms with van der Waals surface area (Å²) in [6.45, 7) is 1.84. The van der Waals surface area contributed by atoms with E-state index in [9.17, 15) is 14.4 Å². The summed E-state index contributed by atoms with van der Waals surface area (Å²) in [6.07, 6.45) is 3.55. The van der Waals surface area contributed by atoms with E-state index in [0.717, 1.165) is 11.1 Å². The third kappa shape index (κ3) is 5.47. The fraction of sp³-hybridized carbons (Fsp3) is 0.138. The molecule has 2 amide bonds. The Morgan fingerprint density at radius 2 is 1.84 bits per heavy atom. The summed E-state index contributed by atoms with van der Waals surface area (Å²) in [5, 5.41) is 5.10. The number of benzene rings is 2. The molecule has 37 heavy (non-hydrogen) atoms. The van der Waals surface area contributed by atoms with Gasteiger partial charge in [0.2, 0.25) is 0 Å². The molecule has 1 aliphatic rings. The van der Waals surface area contributed by atoms with Crippen LogP contribution in [0.5, 0.6) is 0 Å². The van der Waals surface area contributed by atoms with Gasteiger partial charge in [0.05, 0.1) is 0 Å². The fourth-order valence-corrected chi connectivity index (χ4v) is 4.71. The number of nitrogens with zero attached hydrogens (tertiary/aromatic N) is 3. The number of carbonyl (C=O) groups excluding carboxylic acids is 3. The molecule has 0 spiro atoms. The van der Waals surface area contributed by atoms with Crippen LogP contribution in [0, 0.1) is 11.8 Å². The summed E-state index contributed by atoms with van der Waals surface area (Å²) in [6, 6.07) is 17.6. The number of pyridine rings is 1. The predicted molar refractivity (Wildman–Crippen MR) is 141 cm³/mol. The van der Waals surface area contributed by atoms with Crippen LogP contribution in [-0.4, -0.2) is 32.5 Å². The Labute approximate surface area is 218 Å². The van der Waals surface area contributed by atoms with Gasteiger partial charge in [-0.3, -0.25) is 24.7 Å². The van der Waals surface area contributed by atoms with Crippen molar-refractivity contribution in [3.05, 3.63) is 112 Å². The minimum atomic E-state index is -0.806. The van der Waals surface area contributed by atoms with E-state index in [1.54, 1.807) is 34.8 Å². The lowest BCUT2D eigenvalue weighted by Crippen LogP contribution is -2.37. The van der Waals surface area contributed by atoms with Gasteiger partial charge in [-0.25, -0.2) is 4.98 Å². The van der Waals surface area contributed by atoms with Crippen LogP contribution in [0.3, 0.4) is 0 Å². The highest BCUT2D eigenvalue weighted by atomic mass is 32.1. The van der Waals surface area contributed by atoms with Crippen molar-refractivity contribution < 1.29 is 14.4 Å². The molecule has 1 N–H and O–H groups in total. The molecule has 1 aliphatic heterocycles. The first-order chi connectivity index (χ1) is 18.0. The highest BCUT2D eigenvalue weighted by molar-refractivity contribution is 7.13. The smallest absolute Gasteiger partial charge is 0.255 e. The van der Waals surface area contributed by atoms with Gasteiger partial charge in [-0.2, -0.15) is 0 Å². The predicted octanol–water partition coefficient (Wildman–Crippen LogP) is 4.41. The van der Waals surface area contributed by atoms with E-state index in [-0.39, 0.29) is 17.6 Å². The van der Waals surface area contributed by atoms with Gasteiger partial charge < -0.3 is 4.90 Å². The van der Waals surface area contributed by atoms with Crippen LogP contribution >= 0.6 is 11.3 Å². The van der Waals surface area contributed by atoms with Crippen molar-refractivity contribution in [2.75, 3.05) is 5.32 Å². The molecule has 182 valence electrons. The molecule has 8 heteroatoms. The van der Waals surface area contributed by atoms with Gasteiger partial charge in [0.25, 0.3) is 11.8 Å². The lowest BCUT2D eigenvalue weighted by Gasteiger charge is -2.27. The molecule has 0 aliphatic carbocycles. The Hall–Kier alpha value is -4.61. The molecule has 0 fully saturated rings. The zero-order chi connectivity index (χ0) is 25.8. The van der Waals surface area contributed by atoms with Gasteiger partial charge in [0, 0.05) is 53.1 Å². The zero-order valence-corrected chi connectivity index (χ0v) is 20.8. The number of thiazole rings is 1. The molecule has 0 bridgehead atoms. The van der Waals surface area contributed by atoms with Crippen molar-refractivity contribution in [3.63, 3.8) is 0 Å². The molecule has 2 aromatic heterocycles. The van der Waals surface area contributed by atoms with Crippen LogP contribution in [0.2, 0.25) is 0 Å². The molecule has 0 saturated heterocycles. The molecular formula is C29H22N4O3S. The van der Waals surface area contributed by atoms with Crippen molar-refractivity contribution in [1.82, 2.24) is 14.9 Å². The number of ketones is 1. The van der Waals surface area contributed by atoms with Crippen LogP contribution in [0.4, 0.5) is 5.13 Å². The minimum absolute atomic E-state index is 0.0540. The second-order valence-corrected chi connectivity index (χ2v) is 9.51. The topological polar surface area (TPSA) is 92.3 Å². The van der Waals surface area contributed by atoms with Crippen molar-refractivity contribution in [3.8, 4) is 11.8 Å². The highest BCUT2D eigenvalue weighted by Gasteiger charge is 2.37. The number of rotatable bonds is 6. The normalized spacial score (nSPS) is 12.9. The van der Waals surface area contributed by atoms with Gasteiger partial charge in [0.15, 0.2) is 5.13 Å². The fourth-order valence-electron chi connectivity index (χ4n) is 4.18. The van der Waals surface area contributed by atoms with Gasteiger partial charge in [-0.05, 0) is 42.3 Å². The van der Waals surface area contributed by atoms with Crippen molar-refractivity contribution in [2.24, 2.45) is 0 Å². The maximum Gasteiger partial charge on any atom is 0.255 e. The average Bonchev–Trinajstić information content (AvgIpc) is 3.52. The number of fused-ring (bicyclic) bond motifs is 1. The number of hydrogen-bond donors (Lipinski definition) is 1. The maximum atomic E-state index is 13.5. The Morgan fingerprint density at radius 1 is 1.05 bits per heavy atom. The third-order valence-electron chi connectivity index (χ3n) is 5.89. The number of nitrogens with one attached hydrogen (secondary N) is 1. The van der Waals surface area contributed by atoms with Crippen molar-refractivity contribution in [2.45, 2.75) is 25.9 Å². The van der Waals surface area contributed by atoms with Crippen LogP contribution in [0.1, 0.15) is 51.3 Å². The summed E-state index contributed by atoms with van der Waals surface area (Å²) in [5.41, 5.74) is 4.19. The molecule has 1 unspecified atom stereocenters.